The third kappa shape index (κ3) is 2.74. The van der Waals surface area contributed by atoms with Crippen molar-refractivity contribution in [2.24, 2.45) is 0 Å². The van der Waals surface area contributed by atoms with Gasteiger partial charge < -0.3 is 4.74 Å². The van der Waals surface area contributed by atoms with Crippen molar-refractivity contribution in [3.8, 4) is 0 Å². The summed E-state index contributed by atoms with van der Waals surface area (Å²) in [5.74, 6) is -0.431. The molecule has 0 radical (unpaired) electrons. The molecule has 1 saturated heterocycles. The lowest BCUT2D eigenvalue weighted by molar-refractivity contribution is -0.147. The van der Waals surface area contributed by atoms with E-state index in [0.717, 1.165) is 0 Å². The first-order valence-corrected chi connectivity index (χ1v) is 5.92. The molecule has 0 aliphatic carbocycles. The van der Waals surface area contributed by atoms with Crippen LogP contribution in [0.15, 0.2) is 15.8 Å². The number of ether oxygens (including phenoxy) is 1. The Hall–Kier alpha value is -1.93. The second-order valence-corrected chi connectivity index (χ2v) is 4.21. The van der Waals surface area contributed by atoms with Gasteiger partial charge in [0.05, 0.1) is 6.61 Å². The summed E-state index contributed by atoms with van der Waals surface area (Å²) in [6, 6.07) is -0.621. The minimum Gasteiger partial charge on any atom is -0.465 e. The van der Waals surface area contributed by atoms with E-state index in [1.807, 2.05) is 0 Å². The summed E-state index contributed by atoms with van der Waals surface area (Å²) in [7, 11) is 0. The number of hydroxylamine groups is 1. The molecule has 8 nitrogen and oxygen atoms in total. The summed E-state index contributed by atoms with van der Waals surface area (Å²) < 4.78 is 6.10. The van der Waals surface area contributed by atoms with Crippen LogP contribution in [0.25, 0.3) is 0 Å². The lowest BCUT2D eigenvalue weighted by Crippen LogP contribution is -2.33. The van der Waals surface area contributed by atoms with Gasteiger partial charge >= 0.3 is 11.7 Å². The number of esters is 1. The fraction of sp³-hybridized carbons (Fsp3) is 0.545. The predicted octanol–water partition coefficient (Wildman–Crippen LogP) is -0.800. The maximum absolute atomic E-state index is 11.7. The van der Waals surface area contributed by atoms with Crippen LogP contribution in [0.3, 0.4) is 0 Å². The van der Waals surface area contributed by atoms with E-state index in [2.05, 4.69) is 10.5 Å². The maximum Gasteiger partial charge on any atom is 0.330 e. The van der Waals surface area contributed by atoms with Gasteiger partial charge in [-0.25, -0.2) is 4.79 Å². The average molecular weight is 269 g/mol. The first-order valence-electron chi connectivity index (χ1n) is 5.92. The van der Waals surface area contributed by atoms with Gasteiger partial charge in [0.25, 0.3) is 5.56 Å². The van der Waals surface area contributed by atoms with Crippen molar-refractivity contribution in [1.29, 1.82) is 0 Å². The minimum atomic E-state index is -0.655. The number of aryl methyl sites for hydroxylation is 1. The Labute approximate surface area is 108 Å². The van der Waals surface area contributed by atoms with E-state index in [-0.39, 0.29) is 13.0 Å². The lowest BCUT2D eigenvalue weighted by Gasteiger charge is -2.11. The second kappa shape index (κ2) is 5.37. The van der Waals surface area contributed by atoms with Crippen LogP contribution in [0.2, 0.25) is 0 Å². The Balaban J connectivity index is 2.17. The predicted molar refractivity (Wildman–Crippen MR) is 64.4 cm³/mol. The second-order valence-electron chi connectivity index (χ2n) is 4.21. The summed E-state index contributed by atoms with van der Waals surface area (Å²) >= 11 is 0. The largest absolute Gasteiger partial charge is 0.465 e. The molecule has 104 valence electrons. The molecule has 2 heterocycles. The van der Waals surface area contributed by atoms with Gasteiger partial charge in [0.15, 0.2) is 6.23 Å². The molecule has 0 spiro atoms. The van der Waals surface area contributed by atoms with Gasteiger partial charge in [-0.3, -0.25) is 24.0 Å². The Kier molecular flexibility index (Phi) is 3.82. The Morgan fingerprint density at radius 2 is 2.32 bits per heavy atom. The zero-order chi connectivity index (χ0) is 14.0. The van der Waals surface area contributed by atoms with E-state index in [1.165, 1.54) is 10.8 Å². The Morgan fingerprint density at radius 3 is 3.00 bits per heavy atom. The highest BCUT2D eigenvalue weighted by molar-refractivity contribution is 5.75. The van der Waals surface area contributed by atoms with Gasteiger partial charge in [0.2, 0.25) is 0 Å². The van der Waals surface area contributed by atoms with Crippen LogP contribution in [0.1, 0.15) is 25.1 Å². The van der Waals surface area contributed by atoms with Crippen LogP contribution in [0.5, 0.6) is 0 Å². The van der Waals surface area contributed by atoms with Gasteiger partial charge in [0, 0.05) is 18.2 Å². The number of H-pyrrole nitrogens is 1. The molecule has 2 N–H and O–H groups in total. The molecule has 0 bridgehead atoms. The highest BCUT2D eigenvalue weighted by Gasteiger charge is 2.33. The Morgan fingerprint density at radius 1 is 1.58 bits per heavy atom. The molecule has 0 amide bonds. The molecule has 1 fully saturated rings. The molecule has 1 aliphatic rings. The van der Waals surface area contributed by atoms with Gasteiger partial charge in [0.1, 0.15) is 6.04 Å². The van der Waals surface area contributed by atoms with E-state index in [9.17, 15) is 14.4 Å². The van der Waals surface area contributed by atoms with Crippen LogP contribution < -0.4 is 16.7 Å². The smallest absolute Gasteiger partial charge is 0.330 e. The molecule has 2 atom stereocenters. The molecule has 0 unspecified atom stereocenters. The molecule has 0 saturated carbocycles. The summed E-state index contributed by atoms with van der Waals surface area (Å²) in [5.41, 5.74) is 1.90. The van der Waals surface area contributed by atoms with Crippen molar-refractivity contribution < 1.29 is 14.4 Å². The fourth-order valence-corrected chi connectivity index (χ4v) is 1.82. The number of aromatic amines is 1. The molecule has 1 aromatic heterocycles. The molecular formula is C11H15N3O5. The number of nitrogens with zero attached hydrogens (tertiary/aromatic N) is 1. The first-order chi connectivity index (χ1) is 9.02. The number of rotatable bonds is 3. The highest BCUT2D eigenvalue weighted by Crippen LogP contribution is 2.20. The van der Waals surface area contributed by atoms with E-state index < -0.39 is 29.5 Å². The standard InChI is InChI=1S/C11H15N3O5/c1-3-18-10(16)7-4-8(19-13-7)14-5-6(2)9(15)12-11(14)17/h5,7-8,13H,3-4H2,1-2H3,(H,12,15,17)/t7-,8-/m1/s1. The van der Waals surface area contributed by atoms with Gasteiger partial charge in [-0.2, -0.15) is 5.48 Å². The number of hydrogen-bond acceptors (Lipinski definition) is 6. The fourth-order valence-electron chi connectivity index (χ4n) is 1.82. The average Bonchev–Trinajstić information content (AvgIpc) is 2.83. The van der Waals surface area contributed by atoms with E-state index in [0.29, 0.717) is 5.56 Å². The maximum atomic E-state index is 11.7. The third-order valence-corrected chi connectivity index (χ3v) is 2.81. The zero-order valence-electron chi connectivity index (χ0n) is 10.6. The van der Waals surface area contributed by atoms with Crippen molar-refractivity contribution in [3.63, 3.8) is 0 Å². The number of carbonyl (C=O) groups is 1. The lowest BCUT2D eigenvalue weighted by atomic mass is 10.2. The number of hydrogen-bond donors (Lipinski definition) is 2. The minimum absolute atomic E-state index is 0.254. The van der Waals surface area contributed by atoms with Crippen molar-refractivity contribution in [3.05, 3.63) is 32.6 Å². The quantitative estimate of drug-likeness (QED) is 0.696. The first kappa shape index (κ1) is 13.5. The van der Waals surface area contributed by atoms with Crippen LogP contribution >= 0.6 is 0 Å². The molecule has 19 heavy (non-hydrogen) atoms. The van der Waals surface area contributed by atoms with Gasteiger partial charge in [-0.05, 0) is 13.8 Å². The number of carbonyl (C=O) groups excluding carboxylic acids is 1. The van der Waals surface area contributed by atoms with Crippen molar-refractivity contribution in [1.82, 2.24) is 15.0 Å². The normalized spacial score (nSPS) is 22.4. The summed E-state index contributed by atoms with van der Waals surface area (Å²) in [6.07, 6.45) is 1.00. The van der Waals surface area contributed by atoms with Gasteiger partial charge in [-0.15, -0.1) is 0 Å². The zero-order valence-corrected chi connectivity index (χ0v) is 10.6. The van der Waals surface area contributed by atoms with Crippen molar-refractivity contribution >= 4 is 5.97 Å². The van der Waals surface area contributed by atoms with E-state index in [1.54, 1.807) is 13.8 Å². The van der Waals surface area contributed by atoms with E-state index in [4.69, 9.17) is 9.57 Å². The van der Waals surface area contributed by atoms with Gasteiger partial charge in [-0.1, -0.05) is 0 Å². The molecule has 0 aromatic carbocycles. The monoisotopic (exact) mass is 269 g/mol. The third-order valence-electron chi connectivity index (χ3n) is 2.81. The molecule has 8 heteroatoms. The highest BCUT2D eigenvalue weighted by atomic mass is 16.7. The Bertz CT molecular complexity index is 591. The number of nitrogens with one attached hydrogen (secondary N) is 2. The SMILES string of the molecule is CCOC(=O)[C@H]1C[C@H](n2cc(C)c(=O)[nH]c2=O)ON1. The van der Waals surface area contributed by atoms with Crippen LogP contribution in [-0.4, -0.2) is 28.2 Å². The van der Waals surface area contributed by atoms with Crippen LogP contribution in [-0.2, 0) is 14.4 Å². The molecular weight excluding hydrogens is 254 g/mol. The van der Waals surface area contributed by atoms with Crippen molar-refractivity contribution in [2.75, 3.05) is 6.61 Å². The van der Waals surface area contributed by atoms with Crippen molar-refractivity contribution in [2.45, 2.75) is 32.5 Å². The molecule has 2 rings (SSSR count). The van der Waals surface area contributed by atoms with Crippen LogP contribution in [0.4, 0.5) is 0 Å². The van der Waals surface area contributed by atoms with Crippen LogP contribution in [0, 0.1) is 6.92 Å². The number of aromatic nitrogens is 2. The molecule has 1 aromatic rings. The topological polar surface area (TPSA) is 102 Å². The molecule has 1 aliphatic heterocycles. The van der Waals surface area contributed by atoms with E-state index >= 15 is 0 Å². The summed E-state index contributed by atoms with van der Waals surface area (Å²) in [5, 5.41) is 0. The summed E-state index contributed by atoms with van der Waals surface area (Å²) in [4.78, 5) is 41.8. The summed E-state index contributed by atoms with van der Waals surface area (Å²) in [6.45, 7) is 3.57.